The number of ether oxygens (including phenoxy) is 1. The molecule has 0 heterocycles. The molecule has 0 aliphatic heterocycles. The Balaban J connectivity index is 0.00000225. The SMILES string of the molecule is Cl.O=C(CNCC1CC1)NCc1ccc(COc2ccccc2)cc1. The number of nitrogens with one attached hydrogen (secondary N) is 2. The Morgan fingerprint density at radius 1 is 1.00 bits per heavy atom. The number of para-hydroxylation sites is 1. The van der Waals surface area contributed by atoms with Crippen molar-refractivity contribution in [2.45, 2.75) is 26.0 Å². The molecule has 1 fully saturated rings. The van der Waals surface area contributed by atoms with E-state index in [1.165, 1.54) is 12.8 Å². The third kappa shape index (κ3) is 7.16. The number of carbonyl (C=O) groups is 1. The lowest BCUT2D eigenvalue weighted by atomic mass is 10.1. The van der Waals surface area contributed by atoms with Crippen LogP contribution in [0.4, 0.5) is 0 Å². The first-order valence-corrected chi connectivity index (χ1v) is 8.53. The molecule has 0 saturated heterocycles. The number of amides is 1. The first-order valence-electron chi connectivity index (χ1n) is 8.53. The van der Waals surface area contributed by atoms with Crippen LogP contribution in [0.25, 0.3) is 0 Å². The van der Waals surface area contributed by atoms with Gasteiger partial charge < -0.3 is 15.4 Å². The highest BCUT2D eigenvalue weighted by Gasteiger charge is 2.20. The summed E-state index contributed by atoms with van der Waals surface area (Å²) < 4.78 is 5.72. The predicted octanol–water partition coefficient (Wildman–Crippen LogP) is 3.30. The molecule has 1 aliphatic rings. The van der Waals surface area contributed by atoms with Crippen molar-refractivity contribution in [2.75, 3.05) is 13.1 Å². The molecular weight excluding hydrogens is 336 g/mol. The van der Waals surface area contributed by atoms with Gasteiger partial charge in [0.1, 0.15) is 12.4 Å². The summed E-state index contributed by atoms with van der Waals surface area (Å²) in [5.74, 6) is 1.71. The zero-order chi connectivity index (χ0) is 16.6. The quantitative estimate of drug-likeness (QED) is 0.721. The highest BCUT2D eigenvalue weighted by atomic mass is 35.5. The fourth-order valence-corrected chi connectivity index (χ4v) is 2.41. The minimum Gasteiger partial charge on any atom is -0.489 e. The molecule has 25 heavy (non-hydrogen) atoms. The summed E-state index contributed by atoms with van der Waals surface area (Å²) in [6.07, 6.45) is 2.60. The van der Waals surface area contributed by atoms with E-state index in [4.69, 9.17) is 4.74 Å². The van der Waals surface area contributed by atoms with Crippen molar-refractivity contribution >= 4 is 18.3 Å². The smallest absolute Gasteiger partial charge is 0.234 e. The summed E-state index contributed by atoms with van der Waals surface area (Å²) in [5, 5.41) is 6.13. The Bertz CT molecular complexity index is 643. The number of carbonyl (C=O) groups excluding carboxylic acids is 1. The Morgan fingerprint density at radius 3 is 2.36 bits per heavy atom. The molecule has 0 spiro atoms. The third-order valence-corrected chi connectivity index (χ3v) is 4.08. The fraction of sp³-hybridized carbons (Fsp3) is 0.350. The zero-order valence-corrected chi connectivity index (χ0v) is 15.1. The van der Waals surface area contributed by atoms with E-state index in [1.807, 2.05) is 54.6 Å². The number of halogens is 1. The van der Waals surface area contributed by atoms with Crippen LogP contribution in [-0.4, -0.2) is 19.0 Å². The highest BCUT2D eigenvalue weighted by molar-refractivity contribution is 5.85. The molecule has 3 rings (SSSR count). The second-order valence-electron chi connectivity index (χ2n) is 6.27. The van der Waals surface area contributed by atoms with Gasteiger partial charge in [-0.1, -0.05) is 42.5 Å². The lowest BCUT2D eigenvalue weighted by Gasteiger charge is -2.08. The van der Waals surface area contributed by atoms with Crippen molar-refractivity contribution in [2.24, 2.45) is 5.92 Å². The van der Waals surface area contributed by atoms with Crippen LogP contribution in [0.3, 0.4) is 0 Å². The van der Waals surface area contributed by atoms with Crippen LogP contribution in [0, 0.1) is 5.92 Å². The van der Waals surface area contributed by atoms with Gasteiger partial charge in [0.25, 0.3) is 0 Å². The van der Waals surface area contributed by atoms with Gasteiger partial charge in [-0.2, -0.15) is 0 Å². The van der Waals surface area contributed by atoms with Crippen molar-refractivity contribution in [3.05, 3.63) is 65.7 Å². The number of hydrogen-bond acceptors (Lipinski definition) is 3. The number of benzene rings is 2. The van der Waals surface area contributed by atoms with Crippen molar-refractivity contribution in [3.63, 3.8) is 0 Å². The van der Waals surface area contributed by atoms with Crippen LogP contribution in [0.2, 0.25) is 0 Å². The van der Waals surface area contributed by atoms with Gasteiger partial charge in [0, 0.05) is 6.54 Å². The molecule has 1 aliphatic carbocycles. The maximum absolute atomic E-state index is 11.8. The summed E-state index contributed by atoms with van der Waals surface area (Å²) in [7, 11) is 0. The van der Waals surface area contributed by atoms with Gasteiger partial charge >= 0.3 is 0 Å². The molecule has 2 aromatic rings. The maximum Gasteiger partial charge on any atom is 0.234 e. The molecule has 0 radical (unpaired) electrons. The molecule has 2 N–H and O–H groups in total. The standard InChI is InChI=1S/C20H24N2O2.ClH/c23-20(14-21-12-16-6-7-16)22-13-17-8-10-18(11-9-17)15-24-19-4-2-1-3-5-19;/h1-5,8-11,16,21H,6-7,12-15H2,(H,22,23);1H. The first-order chi connectivity index (χ1) is 11.8. The van der Waals surface area contributed by atoms with Crippen molar-refractivity contribution in [1.82, 2.24) is 10.6 Å². The van der Waals surface area contributed by atoms with Crippen LogP contribution < -0.4 is 15.4 Å². The van der Waals surface area contributed by atoms with E-state index in [2.05, 4.69) is 10.6 Å². The second kappa shape index (κ2) is 10.1. The van der Waals surface area contributed by atoms with E-state index in [0.29, 0.717) is 19.7 Å². The molecule has 134 valence electrons. The van der Waals surface area contributed by atoms with E-state index in [9.17, 15) is 4.79 Å². The average molecular weight is 361 g/mol. The van der Waals surface area contributed by atoms with Gasteiger partial charge in [0.15, 0.2) is 0 Å². The first kappa shape index (κ1) is 19.3. The summed E-state index contributed by atoms with van der Waals surface area (Å²) in [6, 6.07) is 17.9. The van der Waals surface area contributed by atoms with E-state index in [0.717, 1.165) is 29.3 Å². The van der Waals surface area contributed by atoms with Crippen molar-refractivity contribution in [1.29, 1.82) is 0 Å². The number of hydrogen-bond donors (Lipinski definition) is 2. The average Bonchev–Trinajstić information content (AvgIpc) is 3.44. The van der Waals surface area contributed by atoms with Gasteiger partial charge in [-0.15, -0.1) is 12.4 Å². The number of rotatable bonds is 9. The van der Waals surface area contributed by atoms with Crippen LogP contribution in [0.15, 0.2) is 54.6 Å². The molecule has 0 unspecified atom stereocenters. The molecule has 1 amide bonds. The largest absolute Gasteiger partial charge is 0.489 e. The normalized spacial score (nSPS) is 13.0. The van der Waals surface area contributed by atoms with Crippen LogP contribution >= 0.6 is 12.4 Å². The van der Waals surface area contributed by atoms with Crippen molar-refractivity contribution in [3.8, 4) is 5.75 Å². The Hall–Kier alpha value is -2.04. The fourth-order valence-electron chi connectivity index (χ4n) is 2.41. The van der Waals surface area contributed by atoms with Crippen LogP contribution in [-0.2, 0) is 17.9 Å². The van der Waals surface area contributed by atoms with Crippen LogP contribution in [0.5, 0.6) is 5.75 Å². The molecule has 0 atom stereocenters. The molecule has 2 aromatic carbocycles. The molecule has 1 saturated carbocycles. The van der Waals surface area contributed by atoms with Crippen molar-refractivity contribution < 1.29 is 9.53 Å². The van der Waals surface area contributed by atoms with E-state index < -0.39 is 0 Å². The molecule has 4 nitrogen and oxygen atoms in total. The van der Waals surface area contributed by atoms with Gasteiger partial charge in [0.2, 0.25) is 5.91 Å². The lowest BCUT2D eigenvalue weighted by molar-refractivity contribution is -0.120. The Morgan fingerprint density at radius 2 is 1.68 bits per heavy atom. The van der Waals surface area contributed by atoms with Gasteiger partial charge in [-0.25, -0.2) is 0 Å². The molecule has 5 heteroatoms. The van der Waals surface area contributed by atoms with Crippen LogP contribution in [0.1, 0.15) is 24.0 Å². The summed E-state index contributed by atoms with van der Waals surface area (Å²) in [6.45, 7) is 2.47. The van der Waals surface area contributed by atoms with Gasteiger partial charge in [-0.05, 0) is 48.6 Å². The molecule has 0 aromatic heterocycles. The second-order valence-corrected chi connectivity index (χ2v) is 6.27. The summed E-state index contributed by atoms with van der Waals surface area (Å²) in [4.78, 5) is 11.8. The van der Waals surface area contributed by atoms with Gasteiger partial charge in [0.05, 0.1) is 6.54 Å². The minimum atomic E-state index is 0. The lowest BCUT2D eigenvalue weighted by Crippen LogP contribution is -2.34. The monoisotopic (exact) mass is 360 g/mol. The maximum atomic E-state index is 11.8. The third-order valence-electron chi connectivity index (χ3n) is 4.08. The predicted molar refractivity (Wildman–Crippen MR) is 102 cm³/mol. The van der Waals surface area contributed by atoms with E-state index >= 15 is 0 Å². The minimum absolute atomic E-state index is 0. The summed E-state index contributed by atoms with van der Waals surface area (Å²) >= 11 is 0. The zero-order valence-electron chi connectivity index (χ0n) is 14.2. The topological polar surface area (TPSA) is 50.4 Å². The molecule has 0 bridgehead atoms. The Labute approximate surface area is 155 Å². The van der Waals surface area contributed by atoms with Gasteiger partial charge in [-0.3, -0.25) is 4.79 Å². The van der Waals surface area contributed by atoms with E-state index in [1.54, 1.807) is 0 Å². The summed E-state index contributed by atoms with van der Waals surface area (Å²) in [5.41, 5.74) is 2.20. The highest BCUT2D eigenvalue weighted by Crippen LogP contribution is 2.27. The molecular formula is C20H25ClN2O2. The van der Waals surface area contributed by atoms with E-state index in [-0.39, 0.29) is 18.3 Å². The Kier molecular flexibility index (Phi) is 7.76.